The molecule has 114 valence electrons. The molecule has 7 nitrogen and oxygen atoms in total. The molecular formula is C13H12N4O3S2. The Morgan fingerprint density at radius 3 is 3.09 bits per heavy atom. The van der Waals surface area contributed by atoms with Crippen molar-refractivity contribution in [2.24, 2.45) is 0 Å². The normalized spacial score (nSPS) is 11.0. The van der Waals surface area contributed by atoms with Crippen molar-refractivity contribution in [3.05, 3.63) is 34.1 Å². The number of rotatable bonds is 5. The summed E-state index contributed by atoms with van der Waals surface area (Å²) >= 11 is 2.60. The molecule has 3 heterocycles. The van der Waals surface area contributed by atoms with Gasteiger partial charge in [-0.1, -0.05) is 16.9 Å². The van der Waals surface area contributed by atoms with Gasteiger partial charge in [0.05, 0.1) is 11.3 Å². The van der Waals surface area contributed by atoms with Crippen molar-refractivity contribution in [3.63, 3.8) is 0 Å². The van der Waals surface area contributed by atoms with E-state index in [1.54, 1.807) is 16.7 Å². The molecular weight excluding hydrogens is 324 g/mol. The summed E-state index contributed by atoms with van der Waals surface area (Å²) in [6, 6.07) is 3.36. The fraction of sp³-hybridized carbons (Fsp3) is 0.231. The van der Waals surface area contributed by atoms with Gasteiger partial charge in [0.1, 0.15) is 11.0 Å². The fourth-order valence-electron chi connectivity index (χ4n) is 1.90. The Bertz CT molecular complexity index is 854. The van der Waals surface area contributed by atoms with Crippen LogP contribution in [0.4, 0.5) is 5.82 Å². The van der Waals surface area contributed by atoms with E-state index in [9.17, 15) is 9.59 Å². The van der Waals surface area contributed by atoms with Crippen LogP contribution in [-0.2, 0) is 11.3 Å². The van der Waals surface area contributed by atoms with Gasteiger partial charge in [0, 0.05) is 12.6 Å². The van der Waals surface area contributed by atoms with Crippen LogP contribution < -0.4 is 10.9 Å². The Balaban J connectivity index is 1.78. The molecule has 0 radical (unpaired) electrons. The number of aromatic nitrogens is 3. The summed E-state index contributed by atoms with van der Waals surface area (Å²) in [5, 5.41) is 8.58. The zero-order valence-electron chi connectivity index (χ0n) is 11.6. The van der Waals surface area contributed by atoms with E-state index in [1.165, 1.54) is 29.4 Å². The molecule has 0 bridgehead atoms. The number of hydrogen-bond acceptors (Lipinski definition) is 7. The zero-order valence-corrected chi connectivity index (χ0v) is 13.2. The number of thiophene rings is 1. The van der Waals surface area contributed by atoms with Crippen molar-refractivity contribution in [2.75, 3.05) is 11.1 Å². The summed E-state index contributed by atoms with van der Waals surface area (Å²) < 4.78 is 6.86. The molecule has 0 aromatic carbocycles. The average molecular weight is 336 g/mol. The summed E-state index contributed by atoms with van der Waals surface area (Å²) in [6.07, 6.45) is 1.38. The lowest BCUT2D eigenvalue weighted by molar-refractivity contribution is -0.113. The number of nitrogens with one attached hydrogen (secondary N) is 1. The standard InChI is InChI=1S/C13H12N4O3S2/c1-2-17-12(19)11-8(4-6-21-11)14-13(17)22-7-10(18)15-9-3-5-20-16-9/h3-6H,2,7H2,1H3,(H,15,16,18). The van der Waals surface area contributed by atoms with E-state index in [-0.39, 0.29) is 17.2 Å². The summed E-state index contributed by atoms with van der Waals surface area (Å²) in [6.45, 7) is 2.38. The zero-order chi connectivity index (χ0) is 15.5. The van der Waals surface area contributed by atoms with Crippen LogP contribution in [0.25, 0.3) is 10.2 Å². The van der Waals surface area contributed by atoms with Gasteiger partial charge < -0.3 is 9.84 Å². The lowest BCUT2D eigenvalue weighted by Gasteiger charge is -2.09. The van der Waals surface area contributed by atoms with Gasteiger partial charge >= 0.3 is 0 Å². The molecule has 0 aliphatic rings. The van der Waals surface area contributed by atoms with E-state index >= 15 is 0 Å². The molecule has 3 aromatic rings. The van der Waals surface area contributed by atoms with Gasteiger partial charge in [0.25, 0.3) is 5.56 Å². The molecule has 0 aliphatic heterocycles. The van der Waals surface area contributed by atoms with Crippen molar-refractivity contribution < 1.29 is 9.32 Å². The van der Waals surface area contributed by atoms with Gasteiger partial charge in [0.15, 0.2) is 11.0 Å². The molecule has 3 rings (SSSR count). The highest BCUT2D eigenvalue weighted by atomic mass is 32.2. The molecule has 0 unspecified atom stereocenters. The van der Waals surface area contributed by atoms with E-state index in [4.69, 9.17) is 0 Å². The van der Waals surface area contributed by atoms with Crippen LogP contribution in [0.15, 0.2) is 38.3 Å². The smallest absolute Gasteiger partial charge is 0.272 e. The highest BCUT2D eigenvalue weighted by Gasteiger charge is 2.13. The van der Waals surface area contributed by atoms with E-state index in [1.807, 2.05) is 12.3 Å². The van der Waals surface area contributed by atoms with Crippen LogP contribution in [0.3, 0.4) is 0 Å². The average Bonchev–Trinajstić information content (AvgIpc) is 3.16. The molecule has 0 saturated carbocycles. The molecule has 1 N–H and O–H groups in total. The second-order valence-electron chi connectivity index (χ2n) is 4.30. The number of anilines is 1. The maximum absolute atomic E-state index is 12.3. The van der Waals surface area contributed by atoms with E-state index < -0.39 is 0 Å². The third-order valence-electron chi connectivity index (χ3n) is 2.88. The third kappa shape index (κ3) is 2.90. The first-order valence-corrected chi connectivity index (χ1v) is 8.36. The monoisotopic (exact) mass is 336 g/mol. The van der Waals surface area contributed by atoms with Gasteiger partial charge in [-0.15, -0.1) is 11.3 Å². The molecule has 0 aliphatic carbocycles. The van der Waals surface area contributed by atoms with Gasteiger partial charge in [0.2, 0.25) is 5.91 Å². The minimum absolute atomic E-state index is 0.0677. The van der Waals surface area contributed by atoms with E-state index in [0.717, 1.165) is 0 Å². The van der Waals surface area contributed by atoms with Crippen LogP contribution in [0.1, 0.15) is 6.92 Å². The SMILES string of the molecule is CCn1c(SCC(=O)Nc2ccon2)nc2ccsc2c1=O. The molecule has 9 heteroatoms. The Labute approximate surface area is 133 Å². The van der Waals surface area contributed by atoms with Gasteiger partial charge in [-0.2, -0.15) is 0 Å². The number of amides is 1. The summed E-state index contributed by atoms with van der Waals surface area (Å²) in [5.74, 6) is 0.260. The fourth-order valence-corrected chi connectivity index (χ4v) is 3.54. The van der Waals surface area contributed by atoms with Crippen LogP contribution >= 0.6 is 23.1 Å². The molecule has 0 atom stereocenters. The summed E-state index contributed by atoms with van der Waals surface area (Å²) in [5.41, 5.74) is 0.598. The quantitative estimate of drug-likeness (QED) is 0.567. The Kier molecular flexibility index (Phi) is 4.25. The maximum atomic E-state index is 12.3. The van der Waals surface area contributed by atoms with Crippen molar-refractivity contribution in [3.8, 4) is 0 Å². The molecule has 0 spiro atoms. The predicted octanol–water partition coefficient (Wildman–Crippen LogP) is 2.20. The molecule has 0 saturated heterocycles. The maximum Gasteiger partial charge on any atom is 0.272 e. The Morgan fingerprint density at radius 2 is 2.36 bits per heavy atom. The van der Waals surface area contributed by atoms with Crippen LogP contribution in [0.2, 0.25) is 0 Å². The first-order valence-electron chi connectivity index (χ1n) is 6.50. The van der Waals surface area contributed by atoms with Crippen molar-refractivity contribution in [1.82, 2.24) is 14.7 Å². The minimum Gasteiger partial charge on any atom is -0.363 e. The predicted molar refractivity (Wildman–Crippen MR) is 85.4 cm³/mol. The van der Waals surface area contributed by atoms with Crippen LogP contribution in [-0.4, -0.2) is 26.4 Å². The lowest BCUT2D eigenvalue weighted by atomic mass is 10.5. The topological polar surface area (TPSA) is 90.0 Å². The second-order valence-corrected chi connectivity index (χ2v) is 6.16. The number of nitrogens with zero attached hydrogens (tertiary/aromatic N) is 3. The first-order chi connectivity index (χ1) is 10.7. The van der Waals surface area contributed by atoms with Crippen LogP contribution in [0, 0.1) is 0 Å². The van der Waals surface area contributed by atoms with E-state index in [2.05, 4.69) is 20.0 Å². The van der Waals surface area contributed by atoms with Gasteiger partial charge in [-0.05, 0) is 18.4 Å². The highest BCUT2D eigenvalue weighted by molar-refractivity contribution is 7.99. The van der Waals surface area contributed by atoms with E-state index in [0.29, 0.717) is 27.7 Å². The lowest BCUT2D eigenvalue weighted by Crippen LogP contribution is -2.22. The number of carbonyl (C=O) groups is 1. The second kappa shape index (κ2) is 6.32. The Hall–Kier alpha value is -2.13. The largest absolute Gasteiger partial charge is 0.363 e. The summed E-state index contributed by atoms with van der Waals surface area (Å²) in [4.78, 5) is 28.7. The molecule has 22 heavy (non-hydrogen) atoms. The number of carbonyl (C=O) groups excluding carboxylic acids is 1. The molecule has 3 aromatic heterocycles. The van der Waals surface area contributed by atoms with Gasteiger partial charge in [-0.25, -0.2) is 4.98 Å². The van der Waals surface area contributed by atoms with Crippen molar-refractivity contribution in [2.45, 2.75) is 18.6 Å². The minimum atomic E-state index is -0.235. The molecule has 0 fully saturated rings. The third-order valence-corrected chi connectivity index (χ3v) is 4.75. The number of thioether (sulfide) groups is 1. The Morgan fingerprint density at radius 1 is 1.50 bits per heavy atom. The number of fused-ring (bicyclic) bond motifs is 1. The number of hydrogen-bond donors (Lipinski definition) is 1. The summed E-state index contributed by atoms with van der Waals surface area (Å²) in [7, 11) is 0. The van der Waals surface area contributed by atoms with Gasteiger partial charge in [-0.3, -0.25) is 14.2 Å². The van der Waals surface area contributed by atoms with Crippen molar-refractivity contribution in [1.29, 1.82) is 0 Å². The molecule has 1 amide bonds. The highest BCUT2D eigenvalue weighted by Crippen LogP contribution is 2.21. The first kappa shape index (κ1) is 14.8. The van der Waals surface area contributed by atoms with Crippen LogP contribution in [0.5, 0.6) is 0 Å². The van der Waals surface area contributed by atoms with Crippen molar-refractivity contribution >= 4 is 45.0 Å².